The summed E-state index contributed by atoms with van der Waals surface area (Å²) in [6.45, 7) is 7.37. The highest BCUT2D eigenvalue weighted by atomic mass is 79.9. The summed E-state index contributed by atoms with van der Waals surface area (Å²) in [6.07, 6.45) is 2.16. The highest BCUT2D eigenvalue weighted by Gasteiger charge is 2.15. The molecule has 0 saturated heterocycles. The fourth-order valence-electron chi connectivity index (χ4n) is 2.35. The molecule has 2 aromatic rings. The zero-order chi connectivity index (χ0) is 14.5. The monoisotopic (exact) mass is 352 g/mol. The number of nitrogens with one attached hydrogen (secondary N) is 1. The first-order valence-electron chi connectivity index (χ1n) is 7.00. The third-order valence-electron chi connectivity index (χ3n) is 3.23. The smallest absolute Gasteiger partial charge is 0.0379 e. The molecule has 0 aliphatic heterocycles. The Morgan fingerprint density at radius 2 is 2.00 bits per heavy atom. The van der Waals surface area contributed by atoms with Gasteiger partial charge in [0.15, 0.2) is 0 Å². The van der Waals surface area contributed by atoms with Gasteiger partial charge in [-0.2, -0.15) is 0 Å². The van der Waals surface area contributed by atoms with Gasteiger partial charge in [0, 0.05) is 33.2 Å². The van der Waals surface area contributed by atoms with Crippen molar-refractivity contribution < 1.29 is 0 Å². The maximum absolute atomic E-state index is 4.48. The molecule has 2 heterocycles. The second kappa shape index (κ2) is 7.34. The lowest BCUT2D eigenvalue weighted by Crippen LogP contribution is -2.24. The van der Waals surface area contributed by atoms with Crippen LogP contribution in [0.25, 0.3) is 0 Å². The summed E-state index contributed by atoms with van der Waals surface area (Å²) in [4.78, 5) is 5.87. The van der Waals surface area contributed by atoms with Crippen LogP contribution in [-0.4, -0.2) is 11.5 Å². The van der Waals surface area contributed by atoms with Gasteiger partial charge < -0.3 is 5.32 Å². The molecule has 4 heteroatoms. The highest BCUT2D eigenvalue weighted by Crippen LogP contribution is 2.28. The standard InChI is InChI=1S/C16H21BrN2S/c1-4-6-18-15(10-16-14(17)5-7-20-16)13-8-11(2)19-12(3)9-13/h5,7-9,15,18H,4,6,10H2,1-3H3. The maximum Gasteiger partial charge on any atom is 0.0379 e. The van der Waals surface area contributed by atoms with Gasteiger partial charge in [0.05, 0.1) is 0 Å². The Morgan fingerprint density at radius 3 is 2.55 bits per heavy atom. The van der Waals surface area contributed by atoms with Crippen LogP contribution in [0.1, 0.15) is 41.2 Å². The van der Waals surface area contributed by atoms with Crippen molar-refractivity contribution in [1.82, 2.24) is 10.3 Å². The summed E-state index contributed by atoms with van der Waals surface area (Å²) >= 11 is 5.45. The van der Waals surface area contributed by atoms with Gasteiger partial charge >= 0.3 is 0 Å². The lowest BCUT2D eigenvalue weighted by Gasteiger charge is -2.19. The quantitative estimate of drug-likeness (QED) is 0.806. The van der Waals surface area contributed by atoms with Gasteiger partial charge in [0.1, 0.15) is 0 Å². The number of aromatic nitrogens is 1. The molecule has 2 rings (SSSR count). The van der Waals surface area contributed by atoms with Crippen molar-refractivity contribution in [3.63, 3.8) is 0 Å². The third kappa shape index (κ3) is 4.14. The molecule has 2 aromatic heterocycles. The van der Waals surface area contributed by atoms with E-state index in [1.165, 1.54) is 14.9 Å². The number of thiophene rings is 1. The van der Waals surface area contributed by atoms with Crippen LogP contribution in [0.4, 0.5) is 0 Å². The van der Waals surface area contributed by atoms with Crippen LogP contribution < -0.4 is 5.32 Å². The minimum absolute atomic E-state index is 0.352. The minimum atomic E-state index is 0.352. The Morgan fingerprint density at radius 1 is 1.30 bits per heavy atom. The Kier molecular flexibility index (Phi) is 5.75. The second-order valence-corrected chi connectivity index (χ2v) is 6.94. The van der Waals surface area contributed by atoms with Crippen molar-refractivity contribution in [2.75, 3.05) is 6.54 Å². The molecule has 0 radical (unpaired) electrons. The Labute approximate surface area is 133 Å². The van der Waals surface area contributed by atoms with E-state index in [1.54, 1.807) is 0 Å². The number of rotatable bonds is 6. The number of halogens is 1. The third-order valence-corrected chi connectivity index (χ3v) is 5.18. The Balaban J connectivity index is 2.24. The fourth-order valence-corrected chi connectivity index (χ4v) is 3.91. The first-order valence-corrected chi connectivity index (χ1v) is 8.68. The molecule has 108 valence electrons. The maximum atomic E-state index is 4.48. The number of hydrogen-bond acceptors (Lipinski definition) is 3. The molecule has 20 heavy (non-hydrogen) atoms. The summed E-state index contributed by atoms with van der Waals surface area (Å²) < 4.78 is 1.22. The van der Waals surface area contributed by atoms with Crippen molar-refractivity contribution in [3.8, 4) is 0 Å². The van der Waals surface area contributed by atoms with Crippen LogP contribution in [-0.2, 0) is 6.42 Å². The zero-order valence-electron chi connectivity index (χ0n) is 12.2. The van der Waals surface area contributed by atoms with E-state index in [4.69, 9.17) is 0 Å². The molecule has 0 spiro atoms. The molecule has 0 fully saturated rings. The molecule has 1 unspecified atom stereocenters. The number of nitrogens with zero attached hydrogens (tertiary/aromatic N) is 1. The molecule has 0 amide bonds. The molecule has 0 saturated carbocycles. The van der Waals surface area contributed by atoms with Gasteiger partial charge in [-0.3, -0.25) is 4.98 Å². The lowest BCUT2D eigenvalue weighted by atomic mass is 10.0. The van der Waals surface area contributed by atoms with Gasteiger partial charge in [-0.15, -0.1) is 11.3 Å². The number of aryl methyl sites for hydroxylation is 2. The van der Waals surface area contributed by atoms with Gasteiger partial charge in [0.25, 0.3) is 0 Å². The molecule has 1 atom stereocenters. The summed E-state index contributed by atoms with van der Waals surface area (Å²) in [7, 11) is 0. The van der Waals surface area contributed by atoms with Gasteiger partial charge in [-0.1, -0.05) is 6.92 Å². The SMILES string of the molecule is CCCNC(Cc1sccc1Br)c1cc(C)nc(C)c1. The number of pyridine rings is 1. The van der Waals surface area contributed by atoms with Crippen LogP contribution in [0, 0.1) is 13.8 Å². The summed E-state index contributed by atoms with van der Waals surface area (Å²) in [6, 6.07) is 6.87. The first-order chi connectivity index (χ1) is 9.60. The van der Waals surface area contributed by atoms with Crippen molar-refractivity contribution >= 4 is 27.3 Å². The van der Waals surface area contributed by atoms with Crippen molar-refractivity contribution in [3.05, 3.63) is 49.9 Å². The van der Waals surface area contributed by atoms with Crippen molar-refractivity contribution in [1.29, 1.82) is 0 Å². The zero-order valence-corrected chi connectivity index (χ0v) is 14.6. The van der Waals surface area contributed by atoms with E-state index >= 15 is 0 Å². The second-order valence-electron chi connectivity index (χ2n) is 5.09. The van der Waals surface area contributed by atoms with E-state index in [1.807, 2.05) is 11.3 Å². The van der Waals surface area contributed by atoms with E-state index in [9.17, 15) is 0 Å². The number of hydrogen-bond donors (Lipinski definition) is 1. The summed E-state index contributed by atoms with van der Waals surface area (Å²) in [5.41, 5.74) is 3.52. The molecule has 1 N–H and O–H groups in total. The Bertz CT molecular complexity index is 545. The molecule has 0 aliphatic rings. The molecule has 0 aromatic carbocycles. The van der Waals surface area contributed by atoms with Gasteiger partial charge in [0.2, 0.25) is 0 Å². The van der Waals surface area contributed by atoms with Gasteiger partial charge in [-0.25, -0.2) is 0 Å². The van der Waals surface area contributed by atoms with Crippen LogP contribution >= 0.6 is 27.3 Å². The van der Waals surface area contributed by atoms with Crippen molar-refractivity contribution in [2.24, 2.45) is 0 Å². The largest absolute Gasteiger partial charge is 0.310 e. The predicted octanol–water partition coefficient (Wildman–Crippen LogP) is 4.81. The normalized spacial score (nSPS) is 12.6. The molecule has 0 aliphatic carbocycles. The van der Waals surface area contributed by atoms with E-state index in [2.05, 4.69) is 70.6 Å². The fraction of sp³-hybridized carbons (Fsp3) is 0.438. The lowest BCUT2D eigenvalue weighted by molar-refractivity contribution is 0.530. The van der Waals surface area contributed by atoms with Crippen molar-refractivity contribution in [2.45, 2.75) is 39.7 Å². The van der Waals surface area contributed by atoms with Crippen LogP contribution in [0.2, 0.25) is 0 Å². The van der Waals surface area contributed by atoms with Crippen LogP contribution in [0.15, 0.2) is 28.1 Å². The van der Waals surface area contributed by atoms with E-state index < -0.39 is 0 Å². The molecule has 2 nitrogen and oxygen atoms in total. The topological polar surface area (TPSA) is 24.9 Å². The molecular formula is C16H21BrN2S. The first kappa shape index (κ1) is 15.7. The molecular weight excluding hydrogens is 332 g/mol. The Hall–Kier alpha value is -0.710. The van der Waals surface area contributed by atoms with Gasteiger partial charge in [-0.05, 0) is 71.9 Å². The van der Waals surface area contributed by atoms with E-state index in [0.717, 1.165) is 30.8 Å². The summed E-state index contributed by atoms with van der Waals surface area (Å²) in [5.74, 6) is 0. The highest BCUT2D eigenvalue weighted by molar-refractivity contribution is 9.10. The summed E-state index contributed by atoms with van der Waals surface area (Å²) in [5, 5.41) is 5.80. The average molecular weight is 353 g/mol. The van der Waals surface area contributed by atoms with Crippen LogP contribution in [0.5, 0.6) is 0 Å². The average Bonchev–Trinajstić information content (AvgIpc) is 2.78. The minimum Gasteiger partial charge on any atom is -0.310 e. The van der Waals surface area contributed by atoms with E-state index in [-0.39, 0.29) is 0 Å². The van der Waals surface area contributed by atoms with Crippen LogP contribution in [0.3, 0.4) is 0 Å². The molecule has 0 bridgehead atoms. The predicted molar refractivity (Wildman–Crippen MR) is 90.5 cm³/mol. The van der Waals surface area contributed by atoms with E-state index in [0.29, 0.717) is 6.04 Å².